The van der Waals surface area contributed by atoms with E-state index in [1.165, 1.54) is 5.46 Å². The second-order valence-corrected chi connectivity index (χ2v) is 15.2. The number of nitrogens with zero attached hydrogens (tertiary/aromatic N) is 5. The van der Waals surface area contributed by atoms with Gasteiger partial charge in [0.25, 0.3) is 6.33 Å². The maximum atomic E-state index is 6.69. The number of para-hydroxylation sites is 4. The van der Waals surface area contributed by atoms with Crippen LogP contribution in [-0.2, 0) is 21.1 Å². The fraction of sp³-hybridized carbons (Fsp3) is 0. The maximum Gasteiger partial charge on any atom is 0.419 e. The number of ether oxygens (including phenoxy) is 1. The molecule has 8 heteroatoms. The summed E-state index contributed by atoms with van der Waals surface area (Å²) in [6.45, 7) is -0.156. The molecular formula is C54H34BN5OPt-2. The molecule has 4 heterocycles. The average molecular weight is 975 g/mol. The second kappa shape index (κ2) is 15.5. The number of fused-ring (bicyclic) bond motifs is 9. The Kier molecular flexibility index (Phi) is 9.40. The van der Waals surface area contributed by atoms with Crippen molar-refractivity contribution in [2.24, 2.45) is 0 Å². The van der Waals surface area contributed by atoms with E-state index in [0.717, 1.165) is 78.7 Å². The number of rotatable bonds is 7. The zero-order valence-electron chi connectivity index (χ0n) is 33.2. The molecule has 8 aromatic carbocycles. The Bertz CT molecular complexity index is 3210. The first-order valence-electron chi connectivity index (χ1n) is 20.4. The van der Waals surface area contributed by atoms with Crippen LogP contribution in [-0.4, -0.2) is 16.5 Å². The normalized spacial score (nSPS) is 12.3. The second-order valence-electron chi connectivity index (χ2n) is 15.2. The average Bonchev–Trinajstić information content (AvgIpc) is 3.89. The quantitative estimate of drug-likeness (QED) is 0.0906. The van der Waals surface area contributed by atoms with E-state index in [9.17, 15) is 0 Å². The first-order valence-corrected chi connectivity index (χ1v) is 20.4. The summed E-state index contributed by atoms with van der Waals surface area (Å²) in [7, 11) is 0. The fourth-order valence-corrected chi connectivity index (χ4v) is 9.03. The minimum absolute atomic E-state index is 0. The van der Waals surface area contributed by atoms with Gasteiger partial charge in [-0.15, -0.1) is 29.8 Å². The zero-order chi connectivity index (χ0) is 40.3. The van der Waals surface area contributed by atoms with Gasteiger partial charge in [0.2, 0.25) is 0 Å². The van der Waals surface area contributed by atoms with Crippen molar-refractivity contribution in [3.63, 3.8) is 0 Å². The third kappa shape index (κ3) is 6.16. The molecule has 0 radical (unpaired) electrons. The SMILES string of the molecule is [Pt].[c-]1c(Oc2[c-]c3c(cc2)-c2ccccc2B2N(c4ccccc4)c4cccnc4N23)cccc1-n1[c-][n+](-c2c(-c3ccccc3)cccc2-c2ccccc2)c2ccccc21. The van der Waals surface area contributed by atoms with Crippen molar-refractivity contribution >= 4 is 46.4 Å². The van der Waals surface area contributed by atoms with Crippen molar-refractivity contribution in [1.29, 1.82) is 0 Å². The van der Waals surface area contributed by atoms with Gasteiger partial charge in [0.15, 0.2) is 0 Å². The largest absolute Gasteiger partial charge is 0.510 e. The molecule has 2 aliphatic heterocycles. The van der Waals surface area contributed by atoms with Crippen LogP contribution < -0.4 is 24.4 Å². The van der Waals surface area contributed by atoms with E-state index in [1.54, 1.807) is 0 Å². The van der Waals surface area contributed by atoms with E-state index in [2.05, 4.69) is 207 Å². The molecule has 0 saturated heterocycles. The molecule has 6 nitrogen and oxygen atoms in total. The van der Waals surface area contributed by atoms with Crippen LogP contribution >= 0.6 is 0 Å². The number of imidazole rings is 1. The molecule has 62 heavy (non-hydrogen) atoms. The van der Waals surface area contributed by atoms with Crippen LogP contribution in [0.4, 0.5) is 22.9 Å². The molecule has 0 aliphatic carbocycles. The Balaban J connectivity index is 0.00000432. The van der Waals surface area contributed by atoms with Crippen LogP contribution in [0.15, 0.2) is 206 Å². The van der Waals surface area contributed by atoms with Gasteiger partial charge < -0.3 is 18.9 Å². The predicted molar refractivity (Wildman–Crippen MR) is 244 cm³/mol. The monoisotopic (exact) mass is 974 g/mol. The number of pyridine rings is 1. The van der Waals surface area contributed by atoms with Gasteiger partial charge in [-0.1, -0.05) is 157 Å². The molecule has 0 fully saturated rings. The summed E-state index contributed by atoms with van der Waals surface area (Å²) in [6.07, 6.45) is 5.62. The molecule has 0 N–H and O–H groups in total. The van der Waals surface area contributed by atoms with Gasteiger partial charge in [0, 0.05) is 44.4 Å². The fourth-order valence-electron chi connectivity index (χ4n) is 9.03. The van der Waals surface area contributed by atoms with Crippen LogP contribution in [0.2, 0.25) is 0 Å². The first kappa shape index (κ1) is 37.5. The van der Waals surface area contributed by atoms with Crippen molar-refractivity contribution in [3.05, 3.63) is 225 Å². The van der Waals surface area contributed by atoms with Gasteiger partial charge in [-0.2, -0.15) is 18.2 Å². The standard InChI is InChI=1S/C54H34BN5O.Pt/c1-4-17-38(18-5-1)44-26-15-27-45(39-19-6-2-7-20-39)53(44)58-37-57(49-29-12-13-30-50(49)58)41-23-14-24-42(35-41)61-43-32-33-47-46-25-10-11-28-48(46)55-59(40-21-8-3-9-22-40)51-31-16-34-56-54(51)60(55)52(47)36-43;/h1-34H;/q-2;. The van der Waals surface area contributed by atoms with Gasteiger partial charge in [-0.05, 0) is 57.7 Å². The molecule has 2 aliphatic rings. The topological polar surface area (TPSA) is 37.4 Å². The summed E-state index contributed by atoms with van der Waals surface area (Å²) < 4.78 is 11.0. The Labute approximate surface area is 375 Å². The summed E-state index contributed by atoms with van der Waals surface area (Å²) in [5.74, 6) is 2.03. The van der Waals surface area contributed by atoms with Crippen LogP contribution in [0.1, 0.15) is 0 Å². The van der Waals surface area contributed by atoms with Crippen LogP contribution in [0.25, 0.3) is 55.8 Å². The van der Waals surface area contributed by atoms with E-state index in [4.69, 9.17) is 9.72 Å². The molecule has 296 valence electrons. The van der Waals surface area contributed by atoms with Crippen molar-refractivity contribution in [1.82, 2.24) is 9.55 Å². The molecule has 0 amide bonds. The summed E-state index contributed by atoms with van der Waals surface area (Å²) in [5.41, 5.74) is 14.8. The van der Waals surface area contributed by atoms with Gasteiger partial charge in [-0.3, -0.25) is 4.57 Å². The van der Waals surface area contributed by atoms with E-state index in [0.29, 0.717) is 11.5 Å². The van der Waals surface area contributed by atoms with E-state index in [-0.39, 0.29) is 28.0 Å². The number of anilines is 4. The minimum Gasteiger partial charge on any atom is -0.510 e. The zero-order valence-corrected chi connectivity index (χ0v) is 35.4. The third-order valence-electron chi connectivity index (χ3n) is 11.7. The van der Waals surface area contributed by atoms with Gasteiger partial charge in [-0.25, -0.2) is 4.98 Å². The first-order chi connectivity index (χ1) is 30.3. The van der Waals surface area contributed by atoms with Crippen molar-refractivity contribution in [2.75, 3.05) is 9.62 Å². The Hall–Kier alpha value is -7.47. The molecule has 0 saturated carbocycles. The van der Waals surface area contributed by atoms with Crippen LogP contribution in [0.3, 0.4) is 0 Å². The number of aromatic nitrogens is 3. The molecule has 12 rings (SSSR count). The Morgan fingerprint density at radius 2 is 1.16 bits per heavy atom. The van der Waals surface area contributed by atoms with E-state index < -0.39 is 0 Å². The molecule has 0 spiro atoms. The van der Waals surface area contributed by atoms with Crippen LogP contribution in [0, 0.1) is 18.5 Å². The van der Waals surface area contributed by atoms with E-state index >= 15 is 0 Å². The molecular weight excluding hydrogens is 941 g/mol. The molecule has 10 aromatic rings. The van der Waals surface area contributed by atoms with Crippen molar-refractivity contribution in [3.8, 4) is 56.3 Å². The van der Waals surface area contributed by atoms with Crippen molar-refractivity contribution in [2.45, 2.75) is 0 Å². The molecule has 0 atom stereocenters. The van der Waals surface area contributed by atoms with E-state index in [1.807, 2.05) is 36.5 Å². The van der Waals surface area contributed by atoms with Gasteiger partial charge >= 0.3 is 6.98 Å². The van der Waals surface area contributed by atoms with Crippen LogP contribution in [0.5, 0.6) is 11.5 Å². The summed E-state index contributed by atoms with van der Waals surface area (Å²) in [5, 5.41) is 0. The summed E-state index contributed by atoms with van der Waals surface area (Å²) in [4.78, 5) is 9.62. The van der Waals surface area contributed by atoms with Gasteiger partial charge in [0.1, 0.15) is 5.82 Å². The number of hydrogen-bond donors (Lipinski definition) is 0. The van der Waals surface area contributed by atoms with Crippen molar-refractivity contribution < 1.29 is 30.4 Å². The van der Waals surface area contributed by atoms with Gasteiger partial charge in [0.05, 0.1) is 22.4 Å². The summed E-state index contributed by atoms with van der Waals surface area (Å²) >= 11 is 0. The number of hydrogen-bond acceptors (Lipinski definition) is 4. The number of benzene rings is 8. The molecule has 0 bridgehead atoms. The summed E-state index contributed by atoms with van der Waals surface area (Å²) in [6, 6.07) is 76.8. The Morgan fingerprint density at radius 1 is 0.516 bits per heavy atom. The minimum atomic E-state index is -0.156. The predicted octanol–water partition coefficient (Wildman–Crippen LogP) is 11.5. The maximum absolute atomic E-state index is 6.69. The third-order valence-corrected chi connectivity index (χ3v) is 11.7. The Morgan fingerprint density at radius 3 is 1.94 bits per heavy atom. The molecule has 2 aromatic heterocycles. The molecule has 0 unspecified atom stereocenters. The smallest absolute Gasteiger partial charge is 0.419 e.